The topological polar surface area (TPSA) is 48.7 Å². The van der Waals surface area contributed by atoms with Gasteiger partial charge in [-0.25, -0.2) is 0 Å². The molecule has 1 aliphatic rings. The molecule has 1 aromatic heterocycles. The van der Waals surface area contributed by atoms with Crippen molar-refractivity contribution < 1.29 is 18.7 Å². The molecule has 1 aromatic carbocycles. The number of Topliss-reactive ketones (excluding diaryl/α,β-unsaturated/α-hetero) is 1. The third-order valence-corrected chi connectivity index (χ3v) is 3.14. The molecule has 1 aliphatic heterocycles. The number of carbonyl (C=O) groups is 1. The standard InChI is InChI=1S/C13H11ClO4/c14-9-3-1-2-8-6-10(18-13(8)9)12(15)11-7-16-4-5-17-11/h1-3,6,11H,4-5,7H2. The van der Waals surface area contributed by atoms with Gasteiger partial charge < -0.3 is 13.9 Å². The lowest BCUT2D eigenvalue weighted by atomic mass is 10.1. The summed E-state index contributed by atoms with van der Waals surface area (Å²) >= 11 is 6.00. The van der Waals surface area contributed by atoms with Gasteiger partial charge in [-0.1, -0.05) is 23.7 Å². The Bertz CT molecular complexity index is 584. The smallest absolute Gasteiger partial charge is 0.229 e. The molecule has 1 fully saturated rings. The van der Waals surface area contributed by atoms with E-state index in [1.54, 1.807) is 12.1 Å². The lowest BCUT2D eigenvalue weighted by Crippen LogP contribution is -2.35. The number of ketones is 1. The summed E-state index contributed by atoms with van der Waals surface area (Å²) < 4.78 is 16.1. The molecule has 4 nitrogen and oxygen atoms in total. The molecule has 0 aliphatic carbocycles. The minimum Gasteiger partial charge on any atom is -0.451 e. The third-order valence-electron chi connectivity index (χ3n) is 2.85. The molecular formula is C13H11ClO4. The molecule has 1 atom stereocenters. The van der Waals surface area contributed by atoms with Crippen LogP contribution in [-0.2, 0) is 9.47 Å². The number of fused-ring (bicyclic) bond motifs is 1. The zero-order valence-corrected chi connectivity index (χ0v) is 10.3. The van der Waals surface area contributed by atoms with Gasteiger partial charge in [0.15, 0.2) is 11.3 Å². The maximum Gasteiger partial charge on any atom is 0.229 e. The van der Waals surface area contributed by atoms with Crippen molar-refractivity contribution in [3.63, 3.8) is 0 Å². The van der Waals surface area contributed by atoms with Crippen LogP contribution in [-0.4, -0.2) is 31.7 Å². The Hall–Kier alpha value is -1.36. The van der Waals surface area contributed by atoms with Gasteiger partial charge in [0.1, 0.15) is 6.10 Å². The number of benzene rings is 1. The number of hydrogen-bond donors (Lipinski definition) is 0. The first-order valence-corrected chi connectivity index (χ1v) is 6.05. The Balaban J connectivity index is 1.94. The van der Waals surface area contributed by atoms with Gasteiger partial charge in [-0.3, -0.25) is 4.79 Å². The Kier molecular flexibility index (Phi) is 3.07. The largest absolute Gasteiger partial charge is 0.451 e. The second-order valence-corrected chi connectivity index (χ2v) is 4.47. The van der Waals surface area contributed by atoms with Crippen LogP contribution in [0.5, 0.6) is 0 Å². The number of hydrogen-bond acceptors (Lipinski definition) is 4. The van der Waals surface area contributed by atoms with Crippen LogP contribution < -0.4 is 0 Å². The second-order valence-electron chi connectivity index (χ2n) is 4.07. The van der Waals surface area contributed by atoms with E-state index < -0.39 is 6.10 Å². The maximum absolute atomic E-state index is 12.1. The number of halogens is 1. The minimum atomic E-state index is -0.585. The van der Waals surface area contributed by atoms with Gasteiger partial charge in [0.05, 0.1) is 24.8 Å². The number of carbonyl (C=O) groups excluding carboxylic acids is 1. The van der Waals surface area contributed by atoms with Gasteiger partial charge in [0.2, 0.25) is 5.78 Å². The van der Waals surface area contributed by atoms with Crippen molar-refractivity contribution in [2.24, 2.45) is 0 Å². The van der Waals surface area contributed by atoms with Crippen LogP contribution in [0, 0.1) is 0 Å². The summed E-state index contributed by atoms with van der Waals surface area (Å²) in [5.41, 5.74) is 0.527. The summed E-state index contributed by atoms with van der Waals surface area (Å²) in [6.45, 7) is 1.22. The molecule has 1 saturated heterocycles. The lowest BCUT2D eigenvalue weighted by Gasteiger charge is -2.20. The van der Waals surface area contributed by atoms with Crippen molar-refractivity contribution in [1.82, 2.24) is 0 Å². The molecule has 5 heteroatoms. The van der Waals surface area contributed by atoms with E-state index >= 15 is 0 Å². The summed E-state index contributed by atoms with van der Waals surface area (Å²) in [5.74, 6) is 0.0515. The Labute approximate surface area is 108 Å². The molecule has 1 unspecified atom stereocenters. The highest BCUT2D eigenvalue weighted by Crippen LogP contribution is 2.27. The average Bonchev–Trinajstić information content (AvgIpc) is 2.84. The zero-order valence-electron chi connectivity index (χ0n) is 9.52. The number of rotatable bonds is 2. The molecule has 0 radical (unpaired) electrons. The van der Waals surface area contributed by atoms with Crippen LogP contribution in [0.15, 0.2) is 28.7 Å². The Morgan fingerprint density at radius 2 is 2.22 bits per heavy atom. The average molecular weight is 267 g/mol. The van der Waals surface area contributed by atoms with Gasteiger partial charge in [-0.15, -0.1) is 0 Å². The second kappa shape index (κ2) is 4.72. The zero-order chi connectivity index (χ0) is 12.5. The molecule has 0 N–H and O–H groups in total. The maximum atomic E-state index is 12.1. The van der Waals surface area contributed by atoms with Crippen molar-refractivity contribution in [2.75, 3.05) is 19.8 Å². The van der Waals surface area contributed by atoms with Gasteiger partial charge in [-0.05, 0) is 12.1 Å². The highest BCUT2D eigenvalue weighted by Gasteiger charge is 2.26. The van der Waals surface area contributed by atoms with Crippen molar-refractivity contribution in [3.8, 4) is 0 Å². The number of para-hydroxylation sites is 1. The SMILES string of the molecule is O=C(c1cc2cccc(Cl)c2o1)C1COCCO1. The molecule has 3 rings (SSSR count). The summed E-state index contributed by atoms with van der Waals surface area (Å²) in [6.07, 6.45) is -0.585. The monoisotopic (exact) mass is 266 g/mol. The molecule has 2 heterocycles. The summed E-state index contributed by atoms with van der Waals surface area (Å²) in [5, 5.41) is 1.30. The molecule has 0 amide bonds. The van der Waals surface area contributed by atoms with Crippen molar-refractivity contribution in [3.05, 3.63) is 35.0 Å². The fourth-order valence-electron chi connectivity index (χ4n) is 1.95. The third kappa shape index (κ3) is 2.03. The van der Waals surface area contributed by atoms with Crippen LogP contribution in [0.4, 0.5) is 0 Å². The first kappa shape index (κ1) is 11.7. The Morgan fingerprint density at radius 1 is 1.33 bits per heavy atom. The minimum absolute atomic E-state index is 0.207. The normalized spacial score (nSPS) is 20.2. The molecule has 0 saturated carbocycles. The molecule has 0 spiro atoms. The fourth-order valence-corrected chi connectivity index (χ4v) is 2.17. The predicted octanol–water partition coefficient (Wildman–Crippen LogP) is 2.68. The van der Waals surface area contributed by atoms with E-state index in [0.29, 0.717) is 23.8 Å². The van der Waals surface area contributed by atoms with Gasteiger partial charge in [0.25, 0.3) is 0 Å². The van der Waals surface area contributed by atoms with Gasteiger partial charge in [-0.2, -0.15) is 0 Å². The van der Waals surface area contributed by atoms with Crippen molar-refractivity contribution >= 4 is 28.4 Å². The molecule has 18 heavy (non-hydrogen) atoms. The van der Waals surface area contributed by atoms with E-state index in [1.165, 1.54) is 0 Å². The van der Waals surface area contributed by atoms with E-state index in [0.717, 1.165) is 5.39 Å². The first-order chi connectivity index (χ1) is 8.75. The van der Waals surface area contributed by atoms with Crippen LogP contribution in [0.1, 0.15) is 10.6 Å². The van der Waals surface area contributed by atoms with Gasteiger partial charge in [0, 0.05) is 5.39 Å². The van der Waals surface area contributed by atoms with Gasteiger partial charge >= 0.3 is 0 Å². The highest BCUT2D eigenvalue weighted by molar-refractivity contribution is 6.34. The molecule has 0 bridgehead atoms. The quantitative estimate of drug-likeness (QED) is 0.784. The van der Waals surface area contributed by atoms with Crippen molar-refractivity contribution in [1.29, 1.82) is 0 Å². The Morgan fingerprint density at radius 3 is 2.94 bits per heavy atom. The lowest BCUT2D eigenvalue weighted by molar-refractivity contribution is -0.0725. The van der Waals surface area contributed by atoms with Crippen LogP contribution in [0.25, 0.3) is 11.0 Å². The summed E-state index contributed by atoms with van der Waals surface area (Å²) in [4.78, 5) is 12.1. The van der Waals surface area contributed by atoms with E-state index in [-0.39, 0.29) is 18.2 Å². The molecule has 2 aromatic rings. The van der Waals surface area contributed by atoms with Crippen LogP contribution in [0.2, 0.25) is 5.02 Å². The fraction of sp³-hybridized carbons (Fsp3) is 0.308. The van der Waals surface area contributed by atoms with E-state index in [4.69, 9.17) is 25.5 Å². The van der Waals surface area contributed by atoms with Crippen LogP contribution >= 0.6 is 11.6 Å². The summed E-state index contributed by atoms with van der Waals surface area (Å²) in [7, 11) is 0. The van der Waals surface area contributed by atoms with E-state index in [2.05, 4.69) is 0 Å². The first-order valence-electron chi connectivity index (χ1n) is 5.67. The van der Waals surface area contributed by atoms with E-state index in [1.807, 2.05) is 12.1 Å². The predicted molar refractivity (Wildman–Crippen MR) is 66.1 cm³/mol. The number of ether oxygens (including phenoxy) is 2. The molecule has 94 valence electrons. The van der Waals surface area contributed by atoms with E-state index in [9.17, 15) is 4.79 Å². The number of furan rings is 1. The summed E-state index contributed by atoms with van der Waals surface area (Å²) in [6, 6.07) is 7.07. The highest BCUT2D eigenvalue weighted by atomic mass is 35.5. The molecular weight excluding hydrogens is 256 g/mol. The van der Waals surface area contributed by atoms with Crippen LogP contribution in [0.3, 0.4) is 0 Å². The van der Waals surface area contributed by atoms with Crippen molar-refractivity contribution in [2.45, 2.75) is 6.10 Å².